The van der Waals surface area contributed by atoms with Crippen LogP contribution in [0.1, 0.15) is 90.9 Å². The molecule has 1 heteroatoms. The average molecular weight is 254 g/mol. The second-order valence-electron chi connectivity index (χ2n) is 6.38. The van der Waals surface area contributed by atoms with Gasteiger partial charge in [0, 0.05) is 9.49 Å². The van der Waals surface area contributed by atoms with Crippen molar-refractivity contribution >= 4 is 11.8 Å². The quantitative estimate of drug-likeness (QED) is 0.565. The van der Waals surface area contributed by atoms with Crippen molar-refractivity contribution in [1.82, 2.24) is 0 Å². The number of rotatable bonds is 6. The van der Waals surface area contributed by atoms with E-state index in [4.69, 9.17) is 0 Å². The highest BCUT2D eigenvalue weighted by Gasteiger charge is 2.43. The van der Waals surface area contributed by atoms with Crippen LogP contribution in [0.25, 0.3) is 0 Å². The van der Waals surface area contributed by atoms with Crippen molar-refractivity contribution in [2.75, 3.05) is 0 Å². The molecule has 2 aliphatic carbocycles. The van der Waals surface area contributed by atoms with E-state index in [1.807, 2.05) is 0 Å². The van der Waals surface area contributed by atoms with Gasteiger partial charge in [0.2, 0.25) is 0 Å². The van der Waals surface area contributed by atoms with E-state index >= 15 is 0 Å². The van der Waals surface area contributed by atoms with Gasteiger partial charge in [-0.15, -0.1) is 11.8 Å². The lowest BCUT2D eigenvalue weighted by Crippen LogP contribution is -2.31. The Morgan fingerprint density at radius 3 is 1.35 bits per heavy atom. The molecule has 17 heavy (non-hydrogen) atoms. The summed E-state index contributed by atoms with van der Waals surface area (Å²) in [5, 5.41) is 0. The van der Waals surface area contributed by atoms with Crippen LogP contribution < -0.4 is 0 Å². The predicted octanol–water partition coefficient (Wildman–Crippen LogP) is 5.95. The topological polar surface area (TPSA) is 0 Å². The summed E-state index contributed by atoms with van der Waals surface area (Å²) in [6.45, 7) is 4.75. The third-order valence-electron chi connectivity index (χ3n) is 4.87. The molecule has 0 aromatic carbocycles. The van der Waals surface area contributed by atoms with Gasteiger partial charge in [0.05, 0.1) is 0 Å². The zero-order chi connectivity index (χ0) is 12.2. The minimum Gasteiger partial charge on any atom is -0.148 e. The highest BCUT2D eigenvalue weighted by atomic mass is 32.2. The van der Waals surface area contributed by atoms with Crippen LogP contribution in [0, 0.1) is 0 Å². The van der Waals surface area contributed by atoms with Gasteiger partial charge in [-0.1, -0.05) is 52.4 Å². The molecule has 0 atom stereocenters. The van der Waals surface area contributed by atoms with E-state index in [2.05, 4.69) is 25.6 Å². The minimum atomic E-state index is 0.689. The smallest absolute Gasteiger partial charge is 0.0165 e. The first-order valence-electron chi connectivity index (χ1n) is 7.94. The van der Waals surface area contributed by atoms with E-state index in [1.54, 1.807) is 0 Å². The van der Waals surface area contributed by atoms with Crippen LogP contribution in [-0.2, 0) is 0 Å². The van der Waals surface area contributed by atoms with Crippen LogP contribution in [0.15, 0.2) is 0 Å². The molecular weight excluding hydrogens is 224 g/mol. The van der Waals surface area contributed by atoms with Crippen LogP contribution in [0.4, 0.5) is 0 Å². The average Bonchev–Trinajstić information content (AvgIpc) is 2.91. The van der Waals surface area contributed by atoms with Crippen molar-refractivity contribution in [2.45, 2.75) is 100 Å². The Morgan fingerprint density at radius 2 is 1.06 bits per heavy atom. The third kappa shape index (κ3) is 3.22. The molecule has 0 aromatic rings. The van der Waals surface area contributed by atoms with Gasteiger partial charge in [0.25, 0.3) is 0 Å². The molecule has 100 valence electrons. The molecule has 0 nitrogen and oxygen atoms in total. The predicted molar refractivity (Wildman–Crippen MR) is 79.8 cm³/mol. The first-order chi connectivity index (χ1) is 8.24. The molecule has 0 amide bonds. The minimum absolute atomic E-state index is 0.689. The van der Waals surface area contributed by atoms with Gasteiger partial charge in [-0.3, -0.25) is 0 Å². The highest BCUT2D eigenvalue weighted by Crippen LogP contribution is 2.56. The normalized spacial score (nSPS) is 26.5. The molecule has 0 heterocycles. The molecule has 0 aromatic heterocycles. The molecule has 2 rings (SSSR count). The summed E-state index contributed by atoms with van der Waals surface area (Å²) in [7, 11) is 0. The molecular formula is C16H30S. The summed E-state index contributed by atoms with van der Waals surface area (Å²) in [4.78, 5) is 0. The molecule has 2 aliphatic rings. The van der Waals surface area contributed by atoms with E-state index in [1.165, 1.54) is 77.0 Å². The SMILES string of the molecule is CCCC1(SC2(CCC)CCCC2)CCCC1. The molecule has 0 spiro atoms. The van der Waals surface area contributed by atoms with Crippen molar-refractivity contribution in [1.29, 1.82) is 0 Å². The van der Waals surface area contributed by atoms with Gasteiger partial charge in [0.15, 0.2) is 0 Å². The Balaban J connectivity index is 2.04. The Hall–Kier alpha value is 0.350. The van der Waals surface area contributed by atoms with Gasteiger partial charge in [-0.25, -0.2) is 0 Å². The monoisotopic (exact) mass is 254 g/mol. The molecule has 0 N–H and O–H groups in total. The highest BCUT2D eigenvalue weighted by molar-refractivity contribution is 8.02. The van der Waals surface area contributed by atoms with Gasteiger partial charge in [0.1, 0.15) is 0 Å². The second kappa shape index (κ2) is 5.99. The van der Waals surface area contributed by atoms with Crippen LogP contribution in [0.3, 0.4) is 0 Å². The third-order valence-corrected chi connectivity index (χ3v) is 6.96. The van der Waals surface area contributed by atoms with Crippen molar-refractivity contribution in [3.63, 3.8) is 0 Å². The molecule has 0 unspecified atom stereocenters. The first-order valence-corrected chi connectivity index (χ1v) is 8.76. The van der Waals surface area contributed by atoms with Crippen LogP contribution in [-0.4, -0.2) is 9.49 Å². The van der Waals surface area contributed by atoms with E-state index < -0.39 is 0 Å². The summed E-state index contributed by atoms with van der Waals surface area (Å²) in [6, 6.07) is 0. The molecule has 2 fully saturated rings. The number of hydrogen-bond acceptors (Lipinski definition) is 1. The Kier molecular flexibility index (Phi) is 4.86. The van der Waals surface area contributed by atoms with Crippen molar-refractivity contribution in [3.8, 4) is 0 Å². The van der Waals surface area contributed by atoms with Crippen LogP contribution in [0.2, 0.25) is 0 Å². The summed E-state index contributed by atoms with van der Waals surface area (Å²) in [6.07, 6.45) is 17.7. The van der Waals surface area contributed by atoms with Gasteiger partial charge in [-0.05, 0) is 38.5 Å². The fourth-order valence-electron chi connectivity index (χ4n) is 4.22. The fraction of sp³-hybridized carbons (Fsp3) is 1.00. The lowest BCUT2D eigenvalue weighted by molar-refractivity contribution is 0.503. The Labute approximate surface area is 112 Å². The maximum atomic E-state index is 2.46. The maximum absolute atomic E-state index is 2.46. The van der Waals surface area contributed by atoms with Crippen molar-refractivity contribution in [3.05, 3.63) is 0 Å². The number of thioether (sulfide) groups is 1. The Bertz CT molecular complexity index is 198. The van der Waals surface area contributed by atoms with E-state index in [0.717, 1.165) is 0 Å². The standard InChI is InChI=1S/C16H30S/c1-3-9-15(11-5-6-12-15)17-16(10-4-2)13-7-8-14-16/h3-14H2,1-2H3. The maximum Gasteiger partial charge on any atom is 0.0165 e. The largest absolute Gasteiger partial charge is 0.148 e. The number of hydrogen-bond donors (Lipinski definition) is 0. The summed E-state index contributed by atoms with van der Waals surface area (Å²) < 4.78 is 1.38. The zero-order valence-corrected chi connectivity index (χ0v) is 12.7. The van der Waals surface area contributed by atoms with E-state index in [-0.39, 0.29) is 0 Å². The lowest BCUT2D eigenvalue weighted by atomic mass is 10.00. The summed E-state index contributed by atoms with van der Waals surface area (Å²) >= 11 is 2.46. The van der Waals surface area contributed by atoms with Gasteiger partial charge in [-0.2, -0.15) is 0 Å². The van der Waals surface area contributed by atoms with Crippen molar-refractivity contribution < 1.29 is 0 Å². The van der Waals surface area contributed by atoms with E-state index in [0.29, 0.717) is 9.49 Å². The molecule has 0 saturated heterocycles. The van der Waals surface area contributed by atoms with Crippen LogP contribution in [0.5, 0.6) is 0 Å². The van der Waals surface area contributed by atoms with Crippen LogP contribution >= 0.6 is 11.8 Å². The first kappa shape index (κ1) is 13.8. The summed E-state index contributed by atoms with van der Waals surface area (Å²) in [5.74, 6) is 0. The van der Waals surface area contributed by atoms with E-state index in [9.17, 15) is 0 Å². The molecule has 0 radical (unpaired) electrons. The van der Waals surface area contributed by atoms with Gasteiger partial charge < -0.3 is 0 Å². The van der Waals surface area contributed by atoms with Gasteiger partial charge >= 0.3 is 0 Å². The zero-order valence-electron chi connectivity index (χ0n) is 11.9. The summed E-state index contributed by atoms with van der Waals surface area (Å²) in [5.41, 5.74) is 0. The molecule has 0 aliphatic heterocycles. The second-order valence-corrected chi connectivity index (χ2v) is 8.32. The molecule has 0 bridgehead atoms. The molecule has 2 saturated carbocycles. The van der Waals surface area contributed by atoms with Crippen molar-refractivity contribution in [2.24, 2.45) is 0 Å². The Morgan fingerprint density at radius 1 is 0.706 bits per heavy atom. The lowest BCUT2D eigenvalue weighted by Gasteiger charge is -2.39. The fourth-order valence-corrected chi connectivity index (χ4v) is 6.73.